The Hall–Kier alpha value is -2.52. The van der Waals surface area contributed by atoms with E-state index in [1.165, 1.54) is 28.3 Å². The summed E-state index contributed by atoms with van der Waals surface area (Å²) in [7, 11) is 0. The van der Waals surface area contributed by atoms with E-state index in [1.807, 2.05) is 6.92 Å². The van der Waals surface area contributed by atoms with Crippen molar-refractivity contribution in [3.63, 3.8) is 0 Å². The third kappa shape index (κ3) is 5.99. The van der Waals surface area contributed by atoms with Gasteiger partial charge >= 0.3 is 6.03 Å². The Kier molecular flexibility index (Phi) is 7.75. The number of benzene rings is 1. The van der Waals surface area contributed by atoms with E-state index in [1.54, 1.807) is 12.1 Å². The predicted octanol–water partition coefficient (Wildman–Crippen LogP) is 3.27. The second-order valence-corrected chi connectivity index (χ2v) is 8.38. The number of carbonyl (C=O) groups is 2. The van der Waals surface area contributed by atoms with Gasteiger partial charge in [-0.2, -0.15) is 0 Å². The molecule has 0 fully saturated rings. The van der Waals surface area contributed by atoms with Gasteiger partial charge in [0.1, 0.15) is 11.9 Å². The smallest absolute Gasteiger partial charge is 0.315 e. The summed E-state index contributed by atoms with van der Waals surface area (Å²) in [5.74, 6) is -0.596. The van der Waals surface area contributed by atoms with Crippen LogP contribution in [0.1, 0.15) is 42.8 Å². The summed E-state index contributed by atoms with van der Waals surface area (Å²) in [6.07, 6.45) is 2.15. The van der Waals surface area contributed by atoms with Crippen molar-refractivity contribution in [2.45, 2.75) is 52.2 Å². The molecule has 1 aromatic carbocycles. The Labute approximate surface area is 180 Å². The number of hydrogen-bond donors (Lipinski definition) is 3. The molecular weight excluding hydrogens is 405 g/mol. The first kappa shape index (κ1) is 22.2. The number of anilines is 1. The van der Waals surface area contributed by atoms with Crippen molar-refractivity contribution in [1.29, 1.82) is 0 Å². The second-order valence-electron chi connectivity index (χ2n) is 7.29. The number of hydrogen-bond acceptors (Lipinski definition) is 5. The van der Waals surface area contributed by atoms with Crippen molar-refractivity contribution < 1.29 is 14.0 Å². The highest BCUT2D eigenvalue weighted by atomic mass is 32.1. The lowest BCUT2D eigenvalue weighted by atomic mass is 10.1. The first-order chi connectivity index (χ1) is 14.5. The number of urea groups is 1. The van der Waals surface area contributed by atoms with Crippen LogP contribution in [0.25, 0.3) is 0 Å². The molecular formula is C21H28FN5O2S. The van der Waals surface area contributed by atoms with Gasteiger partial charge in [0, 0.05) is 30.9 Å². The van der Waals surface area contributed by atoms with Crippen LogP contribution in [-0.4, -0.2) is 41.0 Å². The van der Waals surface area contributed by atoms with Crippen LogP contribution in [0, 0.1) is 5.82 Å². The van der Waals surface area contributed by atoms with E-state index in [9.17, 15) is 14.0 Å². The first-order valence-electron chi connectivity index (χ1n) is 10.3. The molecule has 1 aromatic heterocycles. The second kappa shape index (κ2) is 10.5. The summed E-state index contributed by atoms with van der Waals surface area (Å²) < 4.78 is 13.0. The molecule has 1 aliphatic rings. The topological polar surface area (TPSA) is 86.4 Å². The van der Waals surface area contributed by atoms with Gasteiger partial charge in [0.15, 0.2) is 5.13 Å². The predicted molar refractivity (Wildman–Crippen MR) is 116 cm³/mol. The van der Waals surface area contributed by atoms with E-state index in [2.05, 4.69) is 32.8 Å². The quantitative estimate of drug-likeness (QED) is 0.596. The lowest BCUT2D eigenvalue weighted by Crippen LogP contribution is -2.47. The minimum atomic E-state index is -0.656. The molecule has 3 amide bonds. The van der Waals surface area contributed by atoms with Crippen molar-refractivity contribution in [3.8, 4) is 0 Å². The van der Waals surface area contributed by atoms with E-state index in [0.717, 1.165) is 43.7 Å². The van der Waals surface area contributed by atoms with Crippen LogP contribution in [0.3, 0.4) is 0 Å². The Balaban J connectivity index is 1.54. The monoisotopic (exact) mass is 433 g/mol. The molecule has 0 radical (unpaired) electrons. The van der Waals surface area contributed by atoms with Crippen LogP contribution in [0.4, 0.5) is 14.3 Å². The van der Waals surface area contributed by atoms with E-state index < -0.39 is 12.1 Å². The van der Waals surface area contributed by atoms with E-state index in [4.69, 9.17) is 0 Å². The maximum Gasteiger partial charge on any atom is 0.315 e. The largest absolute Gasteiger partial charge is 0.334 e. The fourth-order valence-corrected chi connectivity index (χ4v) is 4.37. The summed E-state index contributed by atoms with van der Waals surface area (Å²) >= 11 is 1.50. The average Bonchev–Trinajstić information content (AvgIpc) is 3.14. The standard InChI is InChI=1S/C21H28FN5O2S/c1-3-5-17(24-20(29)23-12-14-6-8-15(22)9-7-14)19(28)26-21-25-16-10-11-27(4-2)13-18(16)30-21/h6-9,17H,3-5,10-13H2,1-2H3,(H2,23,24,29)(H,25,26,28). The summed E-state index contributed by atoms with van der Waals surface area (Å²) in [6.45, 7) is 7.18. The number of likely N-dealkylation sites (N-methyl/N-ethyl adjacent to an activating group) is 1. The van der Waals surface area contributed by atoms with Crippen LogP contribution in [0.2, 0.25) is 0 Å². The highest BCUT2D eigenvalue weighted by Gasteiger charge is 2.24. The van der Waals surface area contributed by atoms with Gasteiger partial charge in [-0.1, -0.05) is 32.4 Å². The maximum absolute atomic E-state index is 13.0. The molecule has 2 aromatic rings. The average molecular weight is 434 g/mol. The zero-order chi connectivity index (χ0) is 21.5. The van der Waals surface area contributed by atoms with Gasteiger partial charge in [0.25, 0.3) is 0 Å². The molecule has 7 nitrogen and oxygen atoms in total. The normalized spacial score (nSPS) is 14.6. The number of nitrogens with one attached hydrogen (secondary N) is 3. The fraction of sp³-hybridized carbons (Fsp3) is 0.476. The van der Waals surface area contributed by atoms with Crippen LogP contribution in [-0.2, 0) is 24.3 Å². The Morgan fingerprint density at radius 2 is 2.03 bits per heavy atom. The van der Waals surface area contributed by atoms with Gasteiger partial charge in [-0.25, -0.2) is 14.2 Å². The fourth-order valence-electron chi connectivity index (χ4n) is 3.32. The van der Waals surface area contributed by atoms with Crippen LogP contribution < -0.4 is 16.0 Å². The Morgan fingerprint density at radius 1 is 1.27 bits per heavy atom. The van der Waals surface area contributed by atoms with E-state index in [-0.39, 0.29) is 18.3 Å². The van der Waals surface area contributed by atoms with Gasteiger partial charge in [-0.05, 0) is 30.7 Å². The highest BCUT2D eigenvalue weighted by molar-refractivity contribution is 7.15. The van der Waals surface area contributed by atoms with Gasteiger partial charge in [0.2, 0.25) is 5.91 Å². The highest BCUT2D eigenvalue weighted by Crippen LogP contribution is 2.28. The third-order valence-electron chi connectivity index (χ3n) is 5.05. The summed E-state index contributed by atoms with van der Waals surface area (Å²) in [4.78, 5) is 33.1. The van der Waals surface area contributed by atoms with Crippen LogP contribution >= 0.6 is 11.3 Å². The number of thiazole rings is 1. The minimum absolute atomic E-state index is 0.250. The number of halogens is 1. The van der Waals surface area contributed by atoms with E-state index >= 15 is 0 Å². The molecule has 1 aliphatic heterocycles. The summed E-state index contributed by atoms with van der Waals surface area (Å²) in [6, 6.07) is 4.80. The lowest BCUT2D eigenvalue weighted by molar-refractivity contribution is -0.118. The van der Waals surface area contributed by atoms with Gasteiger partial charge < -0.3 is 16.0 Å². The van der Waals surface area contributed by atoms with E-state index in [0.29, 0.717) is 11.6 Å². The molecule has 3 rings (SSSR count). The molecule has 0 saturated carbocycles. The van der Waals surface area contributed by atoms with Crippen LogP contribution in [0.15, 0.2) is 24.3 Å². The van der Waals surface area contributed by atoms with Crippen molar-refractivity contribution in [3.05, 3.63) is 46.2 Å². The zero-order valence-corrected chi connectivity index (χ0v) is 18.2. The number of fused-ring (bicyclic) bond motifs is 1. The number of nitrogens with zero attached hydrogens (tertiary/aromatic N) is 2. The van der Waals surface area contributed by atoms with Crippen molar-refractivity contribution >= 4 is 28.4 Å². The lowest BCUT2D eigenvalue weighted by Gasteiger charge is -2.23. The summed E-state index contributed by atoms with van der Waals surface area (Å²) in [5.41, 5.74) is 1.83. The number of amides is 3. The molecule has 3 N–H and O–H groups in total. The molecule has 9 heteroatoms. The Morgan fingerprint density at radius 3 is 2.73 bits per heavy atom. The minimum Gasteiger partial charge on any atom is -0.334 e. The molecule has 2 heterocycles. The number of rotatable bonds is 8. The summed E-state index contributed by atoms with van der Waals surface area (Å²) in [5, 5.41) is 8.89. The SMILES string of the molecule is CCCC(NC(=O)NCc1ccc(F)cc1)C(=O)Nc1nc2c(s1)CN(CC)CC2. The van der Waals surface area contributed by atoms with Crippen molar-refractivity contribution in [2.24, 2.45) is 0 Å². The Bertz CT molecular complexity index is 871. The maximum atomic E-state index is 13.0. The van der Waals surface area contributed by atoms with Gasteiger partial charge in [-0.3, -0.25) is 9.69 Å². The van der Waals surface area contributed by atoms with Crippen LogP contribution in [0.5, 0.6) is 0 Å². The third-order valence-corrected chi connectivity index (χ3v) is 6.05. The number of aromatic nitrogens is 1. The van der Waals surface area contributed by atoms with Gasteiger partial charge in [-0.15, -0.1) is 11.3 Å². The van der Waals surface area contributed by atoms with Crippen molar-refractivity contribution in [2.75, 3.05) is 18.4 Å². The molecule has 0 aliphatic carbocycles. The molecule has 0 bridgehead atoms. The molecule has 0 saturated heterocycles. The molecule has 162 valence electrons. The molecule has 0 spiro atoms. The molecule has 30 heavy (non-hydrogen) atoms. The van der Waals surface area contributed by atoms with Gasteiger partial charge in [0.05, 0.1) is 5.69 Å². The molecule has 1 unspecified atom stereocenters. The van der Waals surface area contributed by atoms with Crippen molar-refractivity contribution in [1.82, 2.24) is 20.5 Å². The zero-order valence-electron chi connectivity index (χ0n) is 17.3. The first-order valence-corrected chi connectivity index (χ1v) is 11.1. The molecule has 1 atom stereocenters. The number of carbonyl (C=O) groups excluding carboxylic acids is 2.